The van der Waals surface area contributed by atoms with Gasteiger partial charge in [-0.2, -0.15) is 5.10 Å². The van der Waals surface area contributed by atoms with E-state index in [-0.39, 0.29) is 11.9 Å². The van der Waals surface area contributed by atoms with Crippen molar-refractivity contribution in [3.8, 4) is 0 Å². The summed E-state index contributed by atoms with van der Waals surface area (Å²) in [5.74, 6) is 0.587. The third-order valence-electron chi connectivity index (χ3n) is 2.66. The highest BCUT2D eigenvalue weighted by molar-refractivity contribution is 5.19. The number of H-pyrrole nitrogens is 1. The summed E-state index contributed by atoms with van der Waals surface area (Å²) < 4.78 is 12.8. The molecule has 0 aliphatic heterocycles. The Morgan fingerprint density at radius 3 is 2.71 bits per heavy atom. The van der Waals surface area contributed by atoms with Crippen molar-refractivity contribution in [1.29, 1.82) is 0 Å². The summed E-state index contributed by atoms with van der Waals surface area (Å²) in [6.45, 7) is 2.71. The molecule has 0 saturated heterocycles. The lowest BCUT2D eigenvalue weighted by molar-refractivity contribution is 0.508. The van der Waals surface area contributed by atoms with Crippen LogP contribution in [0.3, 0.4) is 0 Å². The Bertz CT molecular complexity index is 438. The number of aromatic nitrogens is 3. The van der Waals surface area contributed by atoms with Crippen LogP contribution in [0, 0.1) is 5.82 Å². The van der Waals surface area contributed by atoms with E-state index < -0.39 is 0 Å². The topological polar surface area (TPSA) is 53.6 Å². The van der Waals surface area contributed by atoms with Gasteiger partial charge in [0, 0.05) is 6.04 Å². The van der Waals surface area contributed by atoms with Gasteiger partial charge in [-0.05, 0) is 24.1 Å². The molecule has 2 rings (SSSR count). The summed E-state index contributed by atoms with van der Waals surface area (Å²) in [6, 6.07) is 6.76. The molecule has 0 aliphatic carbocycles. The van der Waals surface area contributed by atoms with Gasteiger partial charge in [-0.1, -0.05) is 19.1 Å². The van der Waals surface area contributed by atoms with Crippen LogP contribution in [0.5, 0.6) is 0 Å². The van der Waals surface area contributed by atoms with Gasteiger partial charge in [0.25, 0.3) is 0 Å². The zero-order valence-electron chi connectivity index (χ0n) is 9.65. The Balaban J connectivity index is 1.99. The summed E-state index contributed by atoms with van der Waals surface area (Å²) in [5, 5.41) is 9.93. The number of hydrogen-bond acceptors (Lipinski definition) is 3. The molecule has 1 aromatic heterocycles. The normalized spacial score (nSPS) is 12.6. The Labute approximate surface area is 99.3 Å². The molecule has 0 fully saturated rings. The second-order valence-corrected chi connectivity index (χ2v) is 3.83. The number of benzene rings is 1. The molecule has 0 amide bonds. The minimum absolute atomic E-state index is 0.195. The minimum Gasteiger partial charge on any atom is -0.303 e. The second-order valence-electron chi connectivity index (χ2n) is 3.83. The maximum Gasteiger partial charge on any atom is 0.138 e. The van der Waals surface area contributed by atoms with Gasteiger partial charge in [-0.3, -0.25) is 5.10 Å². The van der Waals surface area contributed by atoms with Crippen LogP contribution in [0.4, 0.5) is 4.39 Å². The number of hydrogen-bond donors (Lipinski definition) is 2. The number of nitrogens with one attached hydrogen (secondary N) is 2. The minimum atomic E-state index is -0.209. The van der Waals surface area contributed by atoms with Gasteiger partial charge in [0.05, 0.1) is 6.54 Å². The Hall–Kier alpha value is -1.75. The fraction of sp³-hybridized carbons (Fsp3) is 0.333. The van der Waals surface area contributed by atoms with E-state index in [9.17, 15) is 4.39 Å². The first-order chi connectivity index (χ1) is 8.29. The van der Waals surface area contributed by atoms with Gasteiger partial charge in [-0.25, -0.2) is 9.37 Å². The summed E-state index contributed by atoms with van der Waals surface area (Å²) >= 11 is 0. The summed E-state index contributed by atoms with van der Waals surface area (Å²) in [5.41, 5.74) is 1.08. The Morgan fingerprint density at radius 2 is 2.12 bits per heavy atom. The van der Waals surface area contributed by atoms with Crippen LogP contribution in [-0.4, -0.2) is 15.2 Å². The maximum atomic E-state index is 12.8. The SMILES string of the molecule is CCC(NCc1ncn[nH]1)c1ccc(F)cc1. The van der Waals surface area contributed by atoms with Crippen molar-refractivity contribution >= 4 is 0 Å². The van der Waals surface area contributed by atoms with Gasteiger partial charge in [-0.15, -0.1) is 0 Å². The molecule has 0 saturated carbocycles. The first kappa shape index (κ1) is 11.7. The van der Waals surface area contributed by atoms with E-state index in [1.54, 1.807) is 12.1 Å². The summed E-state index contributed by atoms with van der Waals surface area (Å²) in [6.07, 6.45) is 2.41. The van der Waals surface area contributed by atoms with Gasteiger partial charge in [0.1, 0.15) is 18.0 Å². The number of nitrogens with zero attached hydrogens (tertiary/aromatic N) is 2. The van der Waals surface area contributed by atoms with E-state index in [0.29, 0.717) is 6.54 Å². The molecule has 0 bridgehead atoms. The molecule has 90 valence electrons. The van der Waals surface area contributed by atoms with E-state index in [4.69, 9.17) is 0 Å². The summed E-state index contributed by atoms with van der Waals surface area (Å²) in [4.78, 5) is 4.04. The van der Waals surface area contributed by atoms with Crippen molar-refractivity contribution in [2.24, 2.45) is 0 Å². The fourth-order valence-corrected chi connectivity index (χ4v) is 1.73. The van der Waals surface area contributed by atoms with Gasteiger partial charge >= 0.3 is 0 Å². The lowest BCUT2D eigenvalue weighted by Gasteiger charge is -2.16. The molecule has 0 aliphatic rings. The average molecular weight is 234 g/mol. The van der Waals surface area contributed by atoms with Crippen LogP contribution in [0.15, 0.2) is 30.6 Å². The van der Waals surface area contributed by atoms with Crippen molar-refractivity contribution < 1.29 is 4.39 Å². The lowest BCUT2D eigenvalue weighted by Crippen LogP contribution is -2.20. The number of halogens is 1. The molecular formula is C12H15FN4. The van der Waals surface area contributed by atoms with E-state index in [0.717, 1.165) is 17.8 Å². The van der Waals surface area contributed by atoms with Crippen LogP contribution in [-0.2, 0) is 6.54 Å². The third kappa shape index (κ3) is 3.10. The number of aromatic amines is 1. The van der Waals surface area contributed by atoms with Crippen LogP contribution >= 0.6 is 0 Å². The largest absolute Gasteiger partial charge is 0.303 e. The zero-order valence-corrected chi connectivity index (χ0v) is 9.65. The zero-order chi connectivity index (χ0) is 12.1. The van der Waals surface area contributed by atoms with E-state index in [1.165, 1.54) is 18.5 Å². The quantitative estimate of drug-likeness (QED) is 0.833. The molecule has 1 aromatic carbocycles. The molecule has 1 atom stereocenters. The molecule has 1 heterocycles. The van der Waals surface area contributed by atoms with Crippen LogP contribution in [0.2, 0.25) is 0 Å². The van der Waals surface area contributed by atoms with E-state index >= 15 is 0 Å². The lowest BCUT2D eigenvalue weighted by atomic mass is 10.0. The van der Waals surface area contributed by atoms with Crippen molar-refractivity contribution in [3.63, 3.8) is 0 Å². The van der Waals surface area contributed by atoms with Crippen LogP contribution in [0.1, 0.15) is 30.8 Å². The second kappa shape index (κ2) is 5.54. The molecule has 0 spiro atoms. The average Bonchev–Trinajstić information content (AvgIpc) is 2.85. The first-order valence-corrected chi connectivity index (χ1v) is 5.62. The predicted molar refractivity (Wildman–Crippen MR) is 62.7 cm³/mol. The predicted octanol–water partition coefficient (Wildman–Crippen LogP) is 2.18. The van der Waals surface area contributed by atoms with Crippen molar-refractivity contribution in [2.75, 3.05) is 0 Å². The molecule has 2 aromatic rings. The molecule has 4 nitrogen and oxygen atoms in total. The molecule has 5 heteroatoms. The van der Waals surface area contributed by atoms with E-state index in [1.807, 2.05) is 0 Å². The van der Waals surface area contributed by atoms with Gasteiger partial charge in [0.2, 0.25) is 0 Å². The smallest absolute Gasteiger partial charge is 0.138 e. The fourth-order valence-electron chi connectivity index (χ4n) is 1.73. The molecule has 17 heavy (non-hydrogen) atoms. The standard InChI is InChI=1S/C12H15FN4/c1-2-11(9-3-5-10(13)6-4-9)14-7-12-15-8-16-17-12/h3-6,8,11,14H,2,7H2,1H3,(H,15,16,17). The Kier molecular flexibility index (Phi) is 3.82. The summed E-state index contributed by atoms with van der Waals surface area (Å²) in [7, 11) is 0. The van der Waals surface area contributed by atoms with Crippen molar-refractivity contribution in [3.05, 3.63) is 47.8 Å². The van der Waals surface area contributed by atoms with Crippen molar-refractivity contribution in [2.45, 2.75) is 25.9 Å². The molecule has 2 N–H and O–H groups in total. The highest BCUT2D eigenvalue weighted by atomic mass is 19.1. The van der Waals surface area contributed by atoms with Gasteiger partial charge in [0.15, 0.2) is 0 Å². The van der Waals surface area contributed by atoms with Crippen LogP contribution in [0.25, 0.3) is 0 Å². The monoisotopic (exact) mass is 234 g/mol. The van der Waals surface area contributed by atoms with Gasteiger partial charge < -0.3 is 5.32 Å². The van der Waals surface area contributed by atoms with Crippen molar-refractivity contribution in [1.82, 2.24) is 20.5 Å². The molecular weight excluding hydrogens is 219 g/mol. The Morgan fingerprint density at radius 1 is 1.35 bits per heavy atom. The number of rotatable bonds is 5. The molecule has 1 unspecified atom stereocenters. The van der Waals surface area contributed by atoms with Crippen LogP contribution < -0.4 is 5.32 Å². The van der Waals surface area contributed by atoms with E-state index in [2.05, 4.69) is 27.4 Å². The first-order valence-electron chi connectivity index (χ1n) is 5.62. The molecule has 0 radical (unpaired) electrons. The third-order valence-corrected chi connectivity index (χ3v) is 2.66. The maximum absolute atomic E-state index is 12.8. The highest BCUT2D eigenvalue weighted by Crippen LogP contribution is 2.17. The highest BCUT2D eigenvalue weighted by Gasteiger charge is 2.09.